The van der Waals surface area contributed by atoms with Gasteiger partial charge in [-0.25, -0.2) is 9.97 Å². The van der Waals surface area contributed by atoms with Gasteiger partial charge >= 0.3 is 0 Å². The van der Waals surface area contributed by atoms with Crippen molar-refractivity contribution >= 4 is 34.2 Å². The zero-order valence-corrected chi connectivity index (χ0v) is 12.6. The minimum absolute atomic E-state index is 0.103. The SMILES string of the molecule is CC(Nc1nc(Cl)nc2ccccc12)C(=O)N1CCCC1. The summed E-state index contributed by atoms with van der Waals surface area (Å²) >= 11 is 5.96. The zero-order chi connectivity index (χ0) is 14.8. The minimum Gasteiger partial charge on any atom is -0.358 e. The van der Waals surface area contributed by atoms with Crippen LogP contribution >= 0.6 is 11.6 Å². The Morgan fingerprint density at radius 2 is 2.00 bits per heavy atom. The summed E-state index contributed by atoms with van der Waals surface area (Å²) in [5, 5.41) is 4.22. The lowest BCUT2D eigenvalue weighted by molar-refractivity contribution is -0.130. The number of halogens is 1. The average molecular weight is 305 g/mol. The van der Waals surface area contributed by atoms with E-state index >= 15 is 0 Å². The van der Waals surface area contributed by atoms with Crippen LogP contribution < -0.4 is 5.32 Å². The van der Waals surface area contributed by atoms with Crippen LogP contribution in [-0.4, -0.2) is 39.9 Å². The summed E-state index contributed by atoms with van der Waals surface area (Å²) in [5.41, 5.74) is 0.765. The van der Waals surface area contributed by atoms with E-state index in [4.69, 9.17) is 11.6 Å². The molecule has 1 unspecified atom stereocenters. The van der Waals surface area contributed by atoms with Gasteiger partial charge in [0.2, 0.25) is 11.2 Å². The van der Waals surface area contributed by atoms with Gasteiger partial charge in [0, 0.05) is 18.5 Å². The number of benzene rings is 1. The van der Waals surface area contributed by atoms with Gasteiger partial charge in [0.1, 0.15) is 11.9 Å². The molecule has 1 saturated heterocycles. The fourth-order valence-corrected chi connectivity index (χ4v) is 2.81. The maximum Gasteiger partial charge on any atom is 0.244 e. The summed E-state index contributed by atoms with van der Waals surface area (Å²) < 4.78 is 0. The summed E-state index contributed by atoms with van der Waals surface area (Å²) in [5.74, 6) is 0.706. The van der Waals surface area contributed by atoms with E-state index in [2.05, 4.69) is 15.3 Å². The van der Waals surface area contributed by atoms with Crippen LogP contribution in [0.1, 0.15) is 19.8 Å². The number of anilines is 1. The van der Waals surface area contributed by atoms with Crippen molar-refractivity contribution < 1.29 is 4.79 Å². The molecule has 110 valence electrons. The molecule has 2 heterocycles. The summed E-state index contributed by atoms with van der Waals surface area (Å²) in [6, 6.07) is 7.27. The molecule has 1 N–H and O–H groups in total. The quantitative estimate of drug-likeness (QED) is 0.886. The van der Waals surface area contributed by atoms with Crippen LogP contribution in [0.3, 0.4) is 0 Å². The molecule has 0 bridgehead atoms. The normalized spacial score (nSPS) is 16.2. The number of likely N-dealkylation sites (tertiary alicyclic amines) is 1. The van der Waals surface area contributed by atoms with Crippen molar-refractivity contribution in [1.29, 1.82) is 0 Å². The van der Waals surface area contributed by atoms with Crippen molar-refractivity contribution in [1.82, 2.24) is 14.9 Å². The first kappa shape index (κ1) is 14.1. The topological polar surface area (TPSA) is 58.1 Å². The number of hydrogen-bond acceptors (Lipinski definition) is 4. The van der Waals surface area contributed by atoms with Crippen LogP contribution in [0.5, 0.6) is 0 Å². The smallest absolute Gasteiger partial charge is 0.244 e. The van der Waals surface area contributed by atoms with E-state index in [0.717, 1.165) is 36.8 Å². The largest absolute Gasteiger partial charge is 0.358 e. The fraction of sp³-hybridized carbons (Fsp3) is 0.400. The van der Waals surface area contributed by atoms with E-state index < -0.39 is 0 Å². The molecule has 1 aromatic carbocycles. The Bertz CT molecular complexity index is 670. The second-order valence-electron chi connectivity index (χ2n) is 5.26. The highest BCUT2D eigenvalue weighted by molar-refractivity contribution is 6.28. The molecule has 0 spiro atoms. The summed E-state index contributed by atoms with van der Waals surface area (Å²) in [6.07, 6.45) is 2.17. The Morgan fingerprint density at radius 1 is 1.29 bits per heavy atom. The fourth-order valence-electron chi connectivity index (χ4n) is 2.64. The molecule has 6 heteroatoms. The second kappa shape index (κ2) is 5.85. The highest BCUT2D eigenvalue weighted by Gasteiger charge is 2.23. The van der Waals surface area contributed by atoms with Crippen molar-refractivity contribution in [3.05, 3.63) is 29.5 Å². The Labute approximate surface area is 128 Å². The molecule has 1 aromatic heterocycles. The number of fused-ring (bicyclic) bond motifs is 1. The number of nitrogens with zero attached hydrogens (tertiary/aromatic N) is 3. The van der Waals surface area contributed by atoms with Gasteiger partial charge in [0.05, 0.1) is 5.52 Å². The lowest BCUT2D eigenvalue weighted by Gasteiger charge is -2.22. The number of carbonyl (C=O) groups excluding carboxylic acids is 1. The molecule has 1 aliphatic heterocycles. The molecule has 2 aromatic rings. The maximum atomic E-state index is 12.4. The first-order chi connectivity index (χ1) is 10.1. The maximum absolute atomic E-state index is 12.4. The predicted molar refractivity (Wildman–Crippen MR) is 83.4 cm³/mol. The van der Waals surface area contributed by atoms with Crippen molar-refractivity contribution in [2.45, 2.75) is 25.8 Å². The van der Waals surface area contributed by atoms with Gasteiger partial charge in [0.25, 0.3) is 0 Å². The van der Waals surface area contributed by atoms with Gasteiger partial charge in [-0.2, -0.15) is 0 Å². The second-order valence-corrected chi connectivity index (χ2v) is 5.59. The van der Waals surface area contributed by atoms with E-state index in [1.807, 2.05) is 36.1 Å². The molecule has 1 amide bonds. The van der Waals surface area contributed by atoms with Crippen molar-refractivity contribution in [2.24, 2.45) is 0 Å². The molecule has 0 radical (unpaired) electrons. The molecule has 5 nitrogen and oxygen atoms in total. The molecule has 1 atom stereocenters. The van der Waals surface area contributed by atoms with Crippen molar-refractivity contribution in [3.8, 4) is 0 Å². The monoisotopic (exact) mass is 304 g/mol. The lowest BCUT2D eigenvalue weighted by Crippen LogP contribution is -2.39. The van der Waals surface area contributed by atoms with Gasteiger partial charge in [-0.1, -0.05) is 12.1 Å². The number of para-hydroxylation sites is 1. The van der Waals surface area contributed by atoms with Crippen molar-refractivity contribution in [3.63, 3.8) is 0 Å². The first-order valence-corrected chi connectivity index (χ1v) is 7.50. The summed E-state index contributed by atoms with van der Waals surface area (Å²) in [7, 11) is 0. The number of aromatic nitrogens is 2. The van der Waals surface area contributed by atoms with E-state index in [-0.39, 0.29) is 17.2 Å². The molecule has 1 fully saturated rings. The molecule has 0 saturated carbocycles. The Kier molecular flexibility index (Phi) is 3.92. The van der Waals surface area contributed by atoms with Gasteiger partial charge in [-0.3, -0.25) is 4.79 Å². The molecule has 21 heavy (non-hydrogen) atoms. The number of hydrogen-bond donors (Lipinski definition) is 1. The third kappa shape index (κ3) is 2.93. The van der Waals surface area contributed by atoms with Gasteiger partial charge in [-0.15, -0.1) is 0 Å². The van der Waals surface area contributed by atoms with Gasteiger partial charge in [0.15, 0.2) is 0 Å². The van der Waals surface area contributed by atoms with E-state index in [9.17, 15) is 4.79 Å². The third-order valence-corrected chi connectivity index (χ3v) is 3.89. The number of carbonyl (C=O) groups is 1. The first-order valence-electron chi connectivity index (χ1n) is 7.13. The van der Waals surface area contributed by atoms with Crippen molar-refractivity contribution in [2.75, 3.05) is 18.4 Å². The predicted octanol–water partition coefficient (Wildman–Crippen LogP) is 2.71. The summed E-state index contributed by atoms with van der Waals surface area (Å²) in [6.45, 7) is 3.54. The third-order valence-electron chi connectivity index (χ3n) is 3.72. The standard InChI is InChI=1S/C15H17ClN4O/c1-10(14(21)20-8-4-5-9-20)17-13-11-6-2-3-7-12(11)18-15(16)19-13/h2-3,6-7,10H,4-5,8-9H2,1H3,(H,17,18,19). The highest BCUT2D eigenvalue weighted by Crippen LogP contribution is 2.23. The van der Waals surface area contributed by atoms with E-state index in [1.54, 1.807) is 0 Å². The molecular weight excluding hydrogens is 288 g/mol. The number of amides is 1. The highest BCUT2D eigenvalue weighted by atomic mass is 35.5. The van der Waals surface area contributed by atoms with Crippen LogP contribution in [0.25, 0.3) is 10.9 Å². The number of rotatable bonds is 3. The Hall–Kier alpha value is -1.88. The number of nitrogens with one attached hydrogen (secondary N) is 1. The van der Waals surface area contributed by atoms with E-state index in [0.29, 0.717) is 5.82 Å². The summed E-state index contributed by atoms with van der Waals surface area (Å²) in [4.78, 5) is 22.7. The average Bonchev–Trinajstić information content (AvgIpc) is 3.00. The van der Waals surface area contributed by atoms with Crippen LogP contribution in [0, 0.1) is 0 Å². The van der Waals surface area contributed by atoms with Gasteiger partial charge < -0.3 is 10.2 Å². The molecule has 3 rings (SSSR count). The van der Waals surface area contributed by atoms with Crippen LogP contribution in [0.2, 0.25) is 5.28 Å². The minimum atomic E-state index is -0.336. The van der Waals surface area contributed by atoms with Crippen LogP contribution in [-0.2, 0) is 4.79 Å². The lowest BCUT2D eigenvalue weighted by atomic mass is 10.2. The molecule has 0 aliphatic carbocycles. The van der Waals surface area contributed by atoms with E-state index in [1.165, 1.54) is 0 Å². The zero-order valence-electron chi connectivity index (χ0n) is 11.8. The van der Waals surface area contributed by atoms with Crippen LogP contribution in [0.15, 0.2) is 24.3 Å². The Morgan fingerprint density at radius 3 is 2.76 bits per heavy atom. The van der Waals surface area contributed by atoms with Gasteiger partial charge in [-0.05, 0) is 43.5 Å². The Balaban J connectivity index is 1.85. The van der Waals surface area contributed by atoms with Crippen LogP contribution in [0.4, 0.5) is 5.82 Å². The molecule has 1 aliphatic rings. The molecular formula is C15H17ClN4O.